The Bertz CT molecular complexity index is 759. The molecule has 1 saturated heterocycles. The molecule has 1 aromatic carbocycles. The molecular formula is C19H21N3O2. The first kappa shape index (κ1) is 15.0. The van der Waals surface area contributed by atoms with Gasteiger partial charge < -0.3 is 19.2 Å². The van der Waals surface area contributed by atoms with Crippen LogP contribution in [0.15, 0.2) is 57.7 Å². The van der Waals surface area contributed by atoms with E-state index in [9.17, 15) is 0 Å². The summed E-state index contributed by atoms with van der Waals surface area (Å²) in [5.74, 6) is 1.83. The molecule has 5 nitrogen and oxygen atoms in total. The van der Waals surface area contributed by atoms with Crippen LogP contribution in [0.4, 0.5) is 5.88 Å². The van der Waals surface area contributed by atoms with Crippen LogP contribution in [0.3, 0.4) is 0 Å². The molecule has 24 heavy (non-hydrogen) atoms. The fourth-order valence-corrected chi connectivity index (χ4v) is 3.18. The molecule has 2 aromatic heterocycles. The largest absolute Gasteiger partial charge is 0.468 e. The lowest BCUT2D eigenvalue weighted by Crippen LogP contribution is -2.20. The quantitative estimate of drug-likeness (QED) is 0.747. The van der Waals surface area contributed by atoms with E-state index in [2.05, 4.69) is 27.5 Å². The molecular weight excluding hydrogens is 302 g/mol. The molecule has 4 rings (SSSR count). The van der Waals surface area contributed by atoms with Crippen molar-refractivity contribution in [2.75, 3.05) is 18.0 Å². The maximum atomic E-state index is 5.73. The zero-order valence-electron chi connectivity index (χ0n) is 13.6. The average Bonchev–Trinajstić information content (AvgIpc) is 3.37. The van der Waals surface area contributed by atoms with Gasteiger partial charge in [0.2, 0.25) is 5.88 Å². The number of rotatable bonds is 6. The van der Waals surface area contributed by atoms with Gasteiger partial charge in [0.05, 0.1) is 18.4 Å². The van der Waals surface area contributed by atoms with Crippen LogP contribution in [-0.2, 0) is 13.1 Å². The first-order valence-electron chi connectivity index (χ1n) is 8.44. The highest BCUT2D eigenvalue weighted by Gasteiger charge is 2.24. The SMILES string of the molecule is c1ccc(-c2noc(N3CCCC3)c2CNCc2ccco2)cc1. The van der Waals surface area contributed by atoms with Gasteiger partial charge in [0.15, 0.2) is 0 Å². The normalized spacial score (nSPS) is 14.4. The Hall–Kier alpha value is -2.53. The van der Waals surface area contributed by atoms with E-state index in [1.54, 1.807) is 6.26 Å². The van der Waals surface area contributed by atoms with Crippen LogP contribution in [0.5, 0.6) is 0 Å². The van der Waals surface area contributed by atoms with Gasteiger partial charge in [-0.3, -0.25) is 0 Å². The van der Waals surface area contributed by atoms with E-state index in [0.717, 1.165) is 41.6 Å². The number of aromatic nitrogens is 1. The minimum absolute atomic E-state index is 0.686. The summed E-state index contributed by atoms with van der Waals surface area (Å²) in [4.78, 5) is 2.29. The van der Waals surface area contributed by atoms with Crippen molar-refractivity contribution in [2.24, 2.45) is 0 Å². The van der Waals surface area contributed by atoms with E-state index in [1.165, 1.54) is 12.8 Å². The molecule has 0 unspecified atom stereocenters. The third-order valence-electron chi connectivity index (χ3n) is 4.39. The van der Waals surface area contributed by atoms with Gasteiger partial charge in [-0.1, -0.05) is 35.5 Å². The zero-order valence-corrected chi connectivity index (χ0v) is 13.6. The molecule has 0 radical (unpaired) electrons. The van der Waals surface area contributed by atoms with Gasteiger partial charge in [-0.15, -0.1) is 0 Å². The molecule has 1 aliphatic heterocycles. The van der Waals surface area contributed by atoms with Gasteiger partial charge in [-0.25, -0.2) is 0 Å². The van der Waals surface area contributed by atoms with Crippen molar-refractivity contribution < 1.29 is 8.94 Å². The number of hydrogen-bond acceptors (Lipinski definition) is 5. The lowest BCUT2D eigenvalue weighted by molar-refractivity contribution is 0.421. The average molecular weight is 323 g/mol. The molecule has 0 bridgehead atoms. The second kappa shape index (κ2) is 6.93. The van der Waals surface area contributed by atoms with Gasteiger partial charge >= 0.3 is 0 Å². The van der Waals surface area contributed by atoms with Gasteiger partial charge in [0.25, 0.3) is 0 Å². The van der Waals surface area contributed by atoms with E-state index < -0.39 is 0 Å². The van der Waals surface area contributed by atoms with Crippen molar-refractivity contribution in [3.8, 4) is 11.3 Å². The Balaban J connectivity index is 1.59. The van der Waals surface area contributed by atoms with E-state index in [-0.39, 0.29) is 0 Å². The van der Waals surface area contributed by atoms with Crippen molar-refractivity contribution in [2.45, 2.75) is 25.9 Å². The van der Waals surface area contributed by atoms with E-state index in [0.29, 0.717) is 13.1 Å². The van der Waals surface area contributed by atoms with E-state index >= 15 is 0 Å². The molecule has 5 heteroatoms. The third-order valence-corrected chi connectivity index (χ3v) is 4.39. The summed E-state index contributed by atoms with van der Waals surface area (Å²) in [6, 6.07) is 14.1. The van der Waals surface area contributed by atoms with Crippen molar-refractivity contribution in [1.29, 1.82) is 0 Å². The van der Waals surface area contributed by atoms with E-state index in [4.69, 9.17) is 8.94 Å². The van der Waals surface area contributed by atoms with Gasteiger partial charge in [0, 0.05) is 25.2 Å². The Morgan fingerprint density at radius 2 is 1.83 bits per heavy atom. The summed E-state index contributed by atoms with van der Waals surface area (Å²) in [5, 5.41) is 7.81. The second-order valence-corrected chi connectivity index (χ2v) is 6.06. The summed E-state index contributed by atoms with van der Waals surface area (Å²) in [5.41, 5.74) is 3.13. The molecule has 124 valence electrons. The third kappa shape index (κ3) is 3.08. The number of furan rings is 1. The van der Waals surface area contributed by atoms with Crippen LogP contribution in [0.1, 0.15) is 24.2 Å². The van der Waals surface area contributed by atoms with Crippen molar-refractivity contribution >= 4 is 5.88 Å². The predicted octanol–water partition coefficient (Wildman–Crippen LogP) is 3.82. The number of nitrogens with zero attached hydrogens (tertiary/aromatic N) is 2. The Morgan fingerprint density at radius 1 is 1.00 bits per heavy atom. The fraction of sp³-hybridized carbons (Fsp3) is 0.316. The summed E-state index contributed by atoms with van der Waals surface area (Å²) in [6.45, 7) is 3.45. The molecule has 1 N–H and O–H groups in total. The first-order valence-corrected chi connectivity index (χ1v) is 8.44. The van der Waals surface area contributed by atoms with Gasteiger partial charge in [-0.05, 0) is 25.0 Å². The van der Waals surface area contributed by atoms with Gasteiger partial charge in [0.1, 0.15) is 11.5 Å². The van der Waals surface area contributed by atoms with Crippen LogP contribution < -0.4 is 10.2 Å². The van der Waals surface area contributed by atoms with E-state index in [1.807, 2.05) is 30.3 Å². The summed E-state index contributed by atoms with van der Waals surface area (Å²) < 4.78 is 11.1. The molecule has 3 heterocycles. The summed E-state index contributed by atoms with van der Waals surface area (Å²) >= 11 is 0. The minimum atomic E-state index is 0.686. The van der Waals surface area contributed by atoms with Crippen LogP contribution in [-0.4, -0.2) is 18.2 Å². The van der Waals surface area contributed by atoms with Crippen molar-refractivity contribution in [3.63, 3.8) is 0 Å². The Kier molecular flexibility index (Phi) is 4.34. The molecule has 0 saturated carbocycles. The standard InChI is InChI=1S/C19H21N3O2/c1-2-7-15(8-3-1)18-17(14-20-13-16-9-6-12-23-16)19(24-21-18)22-10-4-5-11-22/h1-3,6-9,12,20H,4-5,10-11,13-14H2. The lowest BCUT2D eigenvalue weighted by atomic mass is 10.1. The Labute approximate surface area is 141 Å². The summed E-state index contributed by atoms with van der Waals surface area (Å²) in [6.07, 6.45) is 4.11. The van der Waals surface area contributed by atoms with Crippen LogP contribution in [0.25, 0.3) is 11.3 Å². The first-order chi connectivity index (χ1) is 11.9. The molecule has 1 aliphatic rings. The molecule has 0 amide bonds. The minimum Gasteiger partial charge on any atom is -0.468 e. The zero-order chi connectivity index (χ0) is 16.2. The second-order valence-electron chi connectivity index (χ2n) is 6.06. The highest BCUT2D eigenvalue weighted by molar-refractivity contribution is 5.68. The highest BCUT2D eigenvalue weighted by atomic mass is 16.5. The van der Waals surface area contributed by atoms with Crippen LogP contribution in [0, 0.1) is 0 Å². The summed E-state index contributed by atoms with van der Waals surface area (Å²) in [7, 11) is 0. The smallest absolute Gasteiger partial charge is 0.232 e. The number of benzene rings is 1. The molecule has 0 spiro atoms. The van der Waals surface area contributed by atoms with Crippen molar-refractivity contribution in [3.05, 3.63) is 60.1 Å². The topological polar surface area (TPSA) is 54.4 Å². The number of hydrogen-bond donors (Lipinski definition) is 1. The number of nitrogens with one attached hydrogen (secondary N) is 1. The van der Waals surface area contributed by atoms with Crippen LogP contribution >= 0.6 is 0 Å². The lowest BCUT2D eigenvalue weighted by Gasteiger charge is -2.15. The molecule has 3 aromatic rings. The number of anilines is 1. The maximum Gasteiger partial charge on any atom is 0.232 e. The molecule has 1 fully saturated rings. The molecule has 0 aliphatic carbocycles. The molecule has 0 atom stereocenters. The van der Waals surface area contributed by atoms with Crippen molar-refractivity contribution in [1.82, 2.24) is 10.5 Å². The van der Waals surface area contributed by atoms with Crippen LogP contribution in [0.2, 0.25) is 0 Å². The van der Waals surface area contributed by atoms with Gasteiger partial charge in [-0.2, -0.15) is 0 Å². The highest BCUT2D eigenvalue weighted by Crippen LogP contribution is 2.32. The fourth-order valence-electron chi connectivity index (χ4n) is 3.18. The predicted molar refractivity (Wildman–Crippen MR) is 92.6 cm³/mol. The Morgan fingerprint density at radius 3 is 2.58 bits per heavy atom. The maximum absolute atomic E-state index is 5.73. The monoisotopic (exact) mass is 323 g/mol.